The number of thioether (sulfide) groups is 1. The Hall–Kier alpha value is -0.970. The van der Waals surface area contributed by atoms with Crippen LogP contribution in [0.2, 0.25) is 0 Å². The molecule has 0 aliphatic heterocycles. The van der Waals surface area contributed by atoms with Crippen molar-refractivity contribution < 1.29 is 4.79 Å². The fourth-order valence-corrected chi connectivity index (χ4v) is 1.29. The van der Waals surface area contributed by atoms with E-state index in [0.717, 1.165) is 11.4 Å². The molecule has 0 aliphatic carbocycles. The van der Waals surface area contributed by atoms with Gasteiger partial charge in [-0.15, -0.1) is 0 Å². The van der Waals surface area contributed by atoms with Crippen molar-refractivity contribution in [2.45, 2.75) is 6.42 Å². The molecular weight excluding hydrogens is 186 g/mol. The Kier molecular flexibility index (Phi) is 3.82. The normalized spacial score (nSPS) is 10.0. The van der Waals surface area contributed by atoms with Gasteiger partial charge >= 0.3 is 0 Å². The van der Waals surface area contributed by atoms with E-state index in [1.54, 1.807) is 28.8 Å². The first-order valence-corrected chi connectivity index (χ1v) is 5.39. The van der Waals surface area contributed by atoms with Crippen molar-refractivity contribution in [1.82, 2.24) is 9.78 Å². The molecule has 1 aromatic heterocycles. The minimum Gasteiger partial charge on any atom is -0.323 e. The van der Waals surface area contributed by atoms with Gasteiger partial charge in [-0.25, -0.2) is 0 Å². The van der Waals surface area contributed by atoms with E-state index < -0.39 is 0 Å². The smallest absolute Gasteiger partial charge is 0.225 e. The lowest BCUT2D eigenvalue weighted by Crippen LogP contribution is -2.11. The van der Waals surface area contributed by atoms with Crippen LogP contribution < -0.4 is 5.32 Å². The Morgan fingerprint density at radius 1 is 1.77 bits per heavy atom. The van der Waals surface area contributed by atoms with E-state index in [1.807, 2.05) is 13.3 Å². The monoisotopic (exact) mass is 199 g/mol. The molecule has 0 atom stereocenters. The van der Waals surface area contributed by atoms with E-state index in [4.69, 9.17) is 0 Å². The van der Waals surface area contributed by atoms with Gasteiger partial charge in [-0.1, -0.05) is 0 Å². The highest BCUT2D eigenvalue weighted by atomic mass is 32.2. The number of nitrogens with one attached hydrogen (secondary N) is 1. The lowest BCUT2D eigenvalue weighted by Gasteiger charge is -1.99. The first-order valence-electron chi connectivity index (χ1n) is 4.00. The lowest BCUT2D eigenvalue weighted by atomic mass is 10.4. The average Bonchev–Trinajstić information content (AvgIpc) is 2.48. The van der Waals surface area contributed by atoms with Gasteiger partial charge in [0.15, 0.2) is 0 Å². The second-order valence-corrected chi connectivity index (χ2v) is 3.68. The quantitative estimate of drug-likeness (QED) is 0.790. The Morgan fingerprint density at radius 3 is 3.08 bits per heavy atom. The van der Waals surface area contributed by atoms with Crippen LogP contribution in [0.3, 0.4) is 0 Å². The maximum absolute atomic E-state index is 11.2. The molecule has 0 aliphatic rings. The number of hydrogen-bond acceptors (Lipinski definition) is 3. The highest BCUT2D eigenvalue weighted by Crippen LogP contribution is 2.04. The van der Waals surface area contributed by atoms with Crippen LogP contribution in [0.1, 0.15) is 6.42 Å². The summed E-state index contributed by atoms with van der Waals surface area (Å²) in [4.78, 5) is 11.2. The second kappa shape index (κ2) is 4.91. The maximum atomic E-state index is 11.2. The third-order valence-corrected chi connectivity index (χ3v) is 2.13. The summed E-state index contributed by atoms with van der Waals surface area (Å²) in [5, 5.41) is 6.71. The molecule has 13 heavy (non-hydrogen) atoms. The van der Waals surface area contributed by atoms with Crippen LogP contribution in [0.15, 0.2) is 12.4 Å². The zero-order chi connectivity index (χ0) is 9.68. The van der Waals surface area contributed by atoms with Crippen LogP contribution in [0.25, 0.3) is 0 Å². The molecule has 1 aromatic rings. The zero-order valence-corrected chi connectivity index (χ0v) is 8.60. The molecule has 0 fully saturated rings. The molecule has 1 N–H and O–H groups in total. The van der Waals surface area contributed by atoms with Crippen LogP contribution in [0, 0.1) is 0 Å². The molecule has 0 unspecified atom stereocenters. The highest BCUT2D eigenvalue weighted by molar-refractivity contribution is 7.98. The van der Waals surface area contributed by atoms with E-state index in [-0.39, 0.29) is 5.91 Å². The number of carbonyl (C=O) groups excluding carboxylic acids is 1. The Labute approximate surface area is 81.7 Å². The van der Waals surface area contributed by atoms with Crippen LogP contribution in [-0.4, -0.2) is 27.7 Å². The summed E-state index contributed by atoms with van der Waals surface area (Å²) in [6, 6.07) is 0. The van der Waals surface area contributed by atoms with Crippen molar-refractivity contribution in [1.29, 1.82) is 0 Å². The molecule has 1 heterocycles. The lowest BCUT2D eigenvalue weighted by molar-refractivity contribution is -0.115. The van der Waals surface area contributed by atoms with Crippen molar-refractivity contribution in [3.8, 4) is 0 Å². The molecule has 1 amide bonds. The predicted molar refractivity (Wildman–Crippen MR) is 54.8 cm³/mol. The minimum atomic E-state index is 0.0438. The van der Waals surface area contributed by atoms with Gasteiger partial charge in [-0.2, -0.15) is 16.9 Å². The standard InChI is InChI=1S/C8H13N3OS/c1-11-6-7(5-9-11)10-8(12)3-4-13-2/h5-6H,3-4H2,1-2H3,(H,10,12). The van der Waals surface area contributed by atoms with Crippen LogP contribution in [0.5, 0.6) is 0 Å². The Bertz CT molecular complexity index is 285. The van der Waals surface area contributed by atoms with Gasteiger partial charge in [-0.05, 0) is 6.26 Å². The van der Waals surface area contributed by atoms with E-state index in [1.165, 1.54) is 0 Å². The molecule has 5 heteroatoms. The van der Waals surface area contributed by atoms with E-state index in [9.17, 15) is 4.79 Å². The van der Waals surface area contributed by atoms with E-state index >= 15 is 0 Å². The van der Waals surface area contributed by atoms with Gasteiger partial charge in [0.1, 0.15) is 0 Å². The fourth-order valence-electron chi connectivity index (χ4n) is 0.904. The molecular formula is C8H13N3OS. The molecule has 0 radical (unpaired) electrons. The number of amides is 1. The van der Waals surface area contributed by atoms with Gasteiger partial charge in [-0.3, -0.25) is 9.48 Å². The maximum Gasteiger partial charge on any atom is 0.225 e. The topological polar surface area (TPSA) is 46.9 Å². The Balaban J connectivity index is 2.36. The third-order valence-electron chi connectivity index (χ3n) is 1.52. The molecule has 1 rings (SSSR count). The van der Waals surface area contributed by atoms with Gasteiger partial charge in [0.05, 0.1) is 11.9 Å². The Morgan fingerprint density at radius 2 is 2.54 bits per heavy atom. The number of aryl methyl sites for hydroxylation is 1. The molecule has 0 spiro atoms. The molecule has 0 aromatic carbocycles. The summed E-state index contributed by atoms with van der Waals surface area (Å²) in [6.45, 7) is 0. The van der Waals surface area contributed by atoms with Crippen molar-refractivity contribution in [3.63, 3.8) is 0 Å². The third kappa shape index (κ3) is 3.50. The molecule has 72 valence electrons. The number of carbonyl (C=O) groups is 1. The first-order chi connectivity index (χ1) is 6.22. The predicted octanol–water partition coefficient (Wildman–Crippen LogP) is 1.11. The number of hydrogen-bond donors (Lipinski definition) is 1. The molecule has 4 nitrogen and oxygen atoms in total. The summed E-state index contributed by atoms with van der Waals surface area (Å²) in [7, 11) is 1.82. The largest absolute Gasteiger partial charge is 0.323 e. The second-order valence-electron chi connectivity index (χ2n) is 2.69. The summed E-state index contributed by atoms with van der Waals surface area (Å²) in [5.41, 5.74) is 0.758. The average molecular weight is 199 g/mol. The number of nitrogens with zero attached hydrogens (tertiary/aromatic N) is 2. The van der Waals surface area contributed by atoms with E-state index in [0.29, 0.717) is 6.42 Å². The van der Waals surface area contributed by atoms with Gasteiger partial charge in [0.25, 0.3) is 0 Å². The summed E-state index contributed by atoms with van der Waals surface area (Å²) in [6.07, 6.45) is 5.95. The summed E-state index contributed by atoms with van der Waals surface area (Å²) in [5.74, 6) is 0.897. The van der Waals surface area contributed by atoms with E-state index in [2.05, 4.69) is 10.4 Å². The van der Waals surface area contributed by atoms with Crippen molar-refractivity contribution in [3.05, 3.63) is 12.4 Å². The van der Waals surface area contributed by atoms with Crippen LogP contribution in [-0.2, 0) is 11.8 Å². The zero-order valence-electron chi connectivity index (χ0n) is 7.78. The number of aromatic nitrogens is 2. The van der Waals surface area contributed by atoms with Gasteiger partial charge in [0.2, 0.25) is 5.91 Å². The number of rotatable bonds is 4. The van der Waals surface area contributed by atoms with Crippen LogP contribution >= 0.6 is 11.8 Å². The molecule has 0 saturated heterocycles. The first kappa shape index (κ1) is 10.1. The summed E-state index contributed by atoms with van der Waals surface area (Å²) < 4.78 is 1.66. The summed E-state index contributed by atoms with van der Waals surface area (Å²) >= 11 is 1.66. The SMILES string of the molecule is CSCCC(=O)Nc1cnn(C)c1. The minimum absolute atomic E-state index is 0.0438. The highest BCUT2D eigenvalue weighted by Gasteiger charge is 2.02. The van der Waals surface area contributed by atoms with Gasteiger partial charge < -0.3 is 5.32 Å². The fraction of sp³-hybridized carbons (Fsp3) is 0.500. The van der Waals surface area contributed by atoms with Crippen molar-refractivity contribution >= 4 is 23.4 Å². The van der Waals surface area contributed by atoms with Crippen molar-refractivity contribution in [2.24, 2.45) is 7.05 Å². The molecule has 0 bridgehead atoms. The molecule has 0 saturated carbocycles. The van der Waals surface area contributed by atoms with Crippen LogP contribution in [0.4, 0.5) is 5.69 Å². The number of anilines is 1. The van der Waals surface area contributed by atoms with Crippen molar-refractivity contribution in [2.75, 3.05) is 17.3 Å². The van der Waals surface area contributed by atoms with Gasteiger partial charge in [0, 0.05) is 25.4 Å².